The molecule has 0 radical (unpaired) electrons. The Labute approximate surface area is 167 Å². The Hall–Kier alpha value is -2.49. The number of nitriles is 1. The van der Waals surface area contributed by atoms with Gasteiger partial charge in [-0.1, -0.05) is 43.7 Å². The average Bonchev–Trinajstić information content (AvgIpc) is 2.75. The van der Waals surface area contributed by atoms with Crippen LogP contribution < -0.4 is 5.32 Å². The summed E-state index contributed by atoms with van der Waals surface area (Å²) in [4.78, 5) is 2.43. The van der Waals surface area contributed by atoms with E-state index in [-0.39, 0.29) is 6.04 Å². The van der Waals surface area contributed by atoms with Gasteiger partial charge in [0.05, 0.1) is 24.9 Å². The number of nitrogens with one attached hydrogen (secondary N) is 1. The molecule has 1 aromatic carbocycles. The van der Waals surface area contributed by atoms with Crippen molar-refractivity contribution in [3.8, 4) is 6.07 Å². The molecule has 1 aromatic heterocycles. The first kappa shape index (κ1) is 20.2. The van der Waals surface area contributed by atoms with Crippen molar-refractivity contribution in [1.82, 2.24) is 15.1 Å². The normalized spacial score (nSPS) is 15.8. The van der Waals surface area contributed by atoms with E-state index < -0.39 is 0 Å². The van der Waals surface area contributed by atoms with Gasteiger partial charge in [0.25, 0.3) is 0 Å². The van der Waals surface area contributed by atoms with Gasteiger partial charge in [-0.05, 0) is 30.9 Å². The number of hydrogen-bond donors (Lipinski definition) is 1. The Bertz CT molecular complexity index is 822. The largest absolute Gasteiger partial charge is 0.379 e. The lowest BCUT2D eigenvalue weighted by atomic mass is 10.0. The third kappa shape index (κ3) is 4.49. The van der Waals surface area contributed by atoms with Crippen LogP contribution in [0.2, 0.25) is 0 Å². The predicted octanol–water partition coefficient (Wildman–Crippen LogP) is 3.27. The van der Waals surface area contributed by atoms with E-state index in [0.717, 1.165) is 50.4 Å². The maximum Gasteiger partial charge on any atom is 0.167 e. The summed E-state index contributed by atoms with van der Waals surface area (Å²) in [6, 6.07) is 11.2. The SMILES string of the molecule is CCc1nnc(NCC(c2ccc(C)cc2)N2CCOCC2)c(C#N)c1CC. The summed E-state index contributed by atoms with van der Waals surface area (Å²) in [5.41, 5.74) is 5.04. The molecule has 1 saturated heterocycles. The lowest BCUT2D eigenvalue weighted by molar-refractivity contribution is 0.0187. The van der Waals surface area contributed by atoms with Crippen molar-refractivity contribution in [3.05, 3.63) is 52.2 Å². The fraction of sp³-hybridized carbons (Fsp3) is 0.500. The smallest absolute Gasteiger partial charge is 0.167 e. The molecule has 1 aliphatic heterocycles. The first-order chi connectivity index (χ1) is 13.7. The highest BCUT2D eigenvalue weighted by atomic mass is 16.5. The molecule has 0 bridgehead atoms. The van der Waals surface area contributed by atoms with Crippen LogP contribution >= 0.6 is 0 Å². The minimum Gasteiger partial charge on any atom is -0.379 e. The quantitative estimate of drug-likeness (QED) is 0.796. The van der Waals surface area contributed by atoms with Crippen LogP contribution in [0.5, 0.6) is 0 Å². The lowest BCUT2D eigenvalue weighted by Gasteiger charge is -2.35. The maximum absolute atomic E-state index is 9.73. The molecule has 1 fully saturated rings. The summed E-state index contributed by atoms with van der Waals surface area (Å²) in [5.74, 6) is 0.585. The van der Waals surface area contributed by atoms with Gasteiger partial charge in [0.1, 0.15) is 11.6 Å². The molecule has 2 heterocycles. The van der Waals surface area contributed by atoms with Gasteiger partial charge in [-0.25, -0.2) is 0 Å². The van der Waals surface area contributed by atoms with Crippen LogP contribution in [0.4, 0.5) is 5.82 Å². The number of morpholine rings is 1. The molecule has 1 unspecified atom stereocenters. The summed E-state index contributed by atoms with van der Waals surface area (Å²) < 4.78 is 5.53. The Balaban J connectivity index is 1.86. The second kappa shape index (κ2) is 9.63. The molecular weight excluding hydrogens is 350 g/mol. The van der Waals surface area contributed by atoms with Crippen LogP contribution in [0.25, 0.3) is 0 Å². The molecule has 28 heavy (non-hydrogen) atoms. The second-order valence-corrected chi connectivity index (χ2v) is 7.12. The topological polar surface area (TPSA) is 74.1 Å². The Morgan fingerprint density at radius 2 is 1.86 bits per heavy atom. The van der Waals surface area contributed by atoms with Crippen LogP contribution in [0.1, 0.15) is 47.8 Å². The van der Waals surface area contributed by atoms with Crippen molar-refractivity contribution in [2.24, 2.45) is 0 Å². The van der Waals surface area contributed by atoms with Gasteiger partial charge in [-0.3, -0.25) is 4.90 Å². The zero-order valence-corrected chi connectivity index (χ0v) is 17.0. The number of hydrogen-bond acceptors (Lipinski definition) is 6. The van der Waals surface area contributed by atoms with Gasteiger partial charge >= 0.3 is 0 Å². The number of aryl methyl sites for hydroxylation is 2. The van der Waals surface area contributed by atoms with Crippen molar-refractivity contribution in [3.63, 3.8) is 0 Å². The molecule has 2 aromatic rings. The molecule has 0 amide bonds. The molecule has 0 aliphatic carbocycles. The summed E-state index contributed by atoms with van der Waals surface area (Å²) in [7, 11) is 0. The Morgan fingerprint density at radius 3 is 2.46 bits per heavy atom. The Morgan fingerprint density at radius 1 is 1.14 bits per heavy atom. The minimum atomic E-state index is 0.189. The number of anilines is 1. The van der Waals surface area contributed by atoms with Crippen LogP contribution in [-0.2, 0) is 17.6 Å². The highest BCUT2D eigenvalue weighted by Crippen LogP contribution is 2.25. The number of nitrogens with zero attached hydrogens (tertiary/aromatic N) is 4. The molecule has 148 valence electrons. The molecule has 1 aliphatic rings. The van der Waals surface area contributed by atoms with E-state index in [1.807, 2.05) is 6.92 Å². The number of aromatic nitrogens is 2. The summed E-state index contributed by atoms with van der Waals surface area (Å²) in [6.45, 7) is 10.2. The van der Waals surface area contributed by atoms with Gasteiger partial charge in [-0.2, -0.15) is 10.4 Å². The first-order valence-electron chi connectivity index (χ1n) is 10.1. The summed E-state index contributed by atoms with van der Waals surface area (Å²) >= 11 is 0. The van der Waals surface area contributed by atoms with E-state index in [1.165, 1.54) is 11.1 Å². The van der Waals surface area contributed by atoms with Crippen LogP contribution in [0.15, 0.2) is 24.3 Å². The van der Waals surface area contributed by atoms with Crippen molar-refractivity contribution < 1.29 is 4.74 Å². The molecule has 1 atom stereocenters. The monoisotopic (exact) mass is 379 g/mol. The average molecular weight is 380 g/mol. The number of benzene rings is 1. The van der Waals surface area contributed by atoms with Crippen LogP contribution in [0.3, 0.4) is 0 Å². The molecule has 6 heteroatoms. The highest BCUT2D eigenvalue weighted by Gasteiger charge is 2.23. The highest BCUT2D eigenvalue weighted by molar-refractivity contribution is 5.56. The molecule has 1 N–H and O–H groups in total. The van der Waals surface area contributed by atoms with Crippen LogP contribution in [0, 0.1) is 18.3 Å². The molecule has 6 nitrogen and oxygen atoms in total. The fourth-order valence-corrected chi connectivity index (χ4v) is 3.75. The van der Waals surface area contributed by atoms with Crippen LogP contribution in [-0.4, -0.2) is 47.9 Å². The second-order valence-electron chi connectivity index (χ2n) is 7.12. The van der Waals surface area contributed by atoms with E-state index in [2.05, 4.69) is 64.6 Å². The molecule has 0 spiro atoms. The fourth-order valence-electron chi connectivity index (χ4n) is 3.75. The standard InChI is InChI=1S/C22H29N5O/c1-4-18-19(14-23)22(26-25-20(18)5-2)24-15-21(27-10-12-28-13-11-27)17-8-6-16(3)7-9-17/h6-9,21H,4-5,10-13,15H2,1-3H3,(H,24,26). The third-order valence-electron chi connectivity index (χ3n) is 5.37. The molecule has 0 saturated carbocycles. The summed E-state index contributed by atoms with van der Waals surface area (Å²) in [5, 5.41) is 21.8. The van der Waals surface area contributed by atoms with Gasteiger partial charge in [0.2, 0.25) is 0 Å². The van der Waals surface area contributed by atoms with Gasteiger partial charge < -0.3 is 10.1 Å². The van der Waals surface area contributed by atoms with Gasteiger partial charge in [-0.15, -0.1) is 5.10 Å². The minimum absolute atomic E-state index is 0.189. The zero-order valence-electron chi connectivity index (χ0n) is 17.0. The van der Waals surface area contributed by atoms with Crippen molar-refractivity contribution in [1.29, 1.82) is 5.26 Å². The molecule has 3 rings (SSSR count). The third-order valence-corrected chi connectivity index (χ3v) is 5.37. The first-order valence-corrected chi connectivity index (χ1v) is 10.1. The zero-order chi connectivity index (χ0) is 19.9. The summed E-state index contributed by atoms with van der Waals surface area (Å²) in [6.07, 6.45) is 1.56. The number of rotatable bonds is 7. The predicted molar refractivity (Wildman–Crippen MR) is 110 cm³/mol. The van der Waals surface area contributed by atoms with Gasteiger partial charge in [0.15, 0.2) is 5.82 Å². The molecular formula is C22H29N5O. The van der Waals surface area contributed by atoms with E-state index >= 15 is 0 Å². The Kier molecular flexibility index (Phi) is 6.96. The van der Waals surface area contributed by atoms with E-state index in [9.17, 15) is 5.26 Å². The van der Waals surface area contributed by atoms with Crippen molar-refractivity contribution in [2.45, 2.75) is 39.7 Å². The lowest BCUT2D eigenvalue weighted by Crippen LogP contribution is -2.41. The van der Waals surface area contributed by atoms with Crippen molar-refractivity contribution >= 4 is 5.82 Å². The van der Waals surface area contributed by atoms with E-state index in [4.69, 9.17) is 4.74 Å². The van der Waals surface area contributed by atoms with Crippen molar-refractivity contribution in [2.75, 3.05) is 38.2 Å². The van der Waals surface area contributed by atoms with Gasteiger partial charge in [0, 0.05) is 19.6 Å². The van der Waals surface area contributed by atoms with E-state index in [1.54, 1.807) is 0 Å². The number of ether oxygens (including phenoxy) is 1. The maximum atomic E-state index is 9.73. The van der Waals surface area contributed by atoms with E-state index in [0.29, 0.717) is 17.9 Å².